The van der Waals surface area contributed by atoms with Crippen molar-refractivity contribution in [3.05, 3.63) is 53.6 Å². The highest BCUT2D eigenvalue weighted by molar-refractivity contribution is 5.90. The molecule has 0 aromatic heterocycles. The number of ether oxygens (including phenoxy) is 2. The van der Waals surface area contributed by atoms with Gasteiger partial charge in [0.2, 0.25) is 0 Å². The van der Waals surface area contributed by atoms with Gasteiger partial charge in [-0.2, -0.15) is 0 Å². The van der Waals surface area contributed by atoms with Crippen LogP contribution in [0.5, 0.6) is 0 Å². The van der Waals surface area contributed by atoms with Crippen LogP contribution in [0.3, 0.4) is 0 Å². The molecule has 1 aromatic carbocycles. The zero-order chi connectivity index (χ0) is 33.3. The van der Waals surface area contributed by atoms with Gasteiger partial charge in [-0.05, 0) is 139 Å². The largest absolute Gasteiger partial charge is 0.469 e. The fourth-order valence-electron chi connectivity index (χ4n) is 13.0. The van der Waals surface area contributed by atoms with Crippen LogP contribution in [0.25, 0.3) is 5.57 Å². The van der Waals surface area contributed by atoms with E-state index in [1.165, 1.54) is 82.3 Å². The second-order valence-corrected chi connectivity index (χ2v) is 17.2. The van der Waals surface area contributed by atoms with Crippen LogP contribution in [0.1, 0.15) is 122 Å². The summed E-state index contributed by atoms with van der Waals surface area (Å²) in [5.74, 6) is 2.67. The Kier molecular flexibility index (Phi) is 8.47. The Balaban J connectivity index is 1.31. The number of rotatable bonds is 7. The van der Waals surface area contributed by atoms with Gasteiger partial charge in [-0.25, -0.2) is 4.79 Å². The summed E-state index contributed by atoms with van der Waals surface area (Å²) in [7, 11) is 2.93. The van der Waals surface area contributed by atoms with Crippen LogP contribution in [0.2, 0.25) is 0 Å². The Labute approximate surface area is 278 Å². The summed E-state index contributed by atoms with van der Waals surface area (Å²) in [6, 6.07) is 8.07. The van der Waals surface area contributed by atoms with Gasteiger partial charge < -0.3 is 14.8 Å². The first kappa shape index (κ1) is 33.5. The number of nitrogens with one attached hydrogen (secondary N) is 1. The Morgan fingerprint density at radius 2 is 1.59 bits per heavy atom. The number of carbonyl (C=O) groups excluding carboxylic acids is 2. The molecule has 0 heterocycles. The van der Waals surface area contributed by atoms with Crippen LogP contribution in [0, 0.1) is 51.2 Å². The van der Waals surface area contributed by atoms with Crippen LogP contribution in [-0.4, -0.2) is 38.2 Å². The maximum atomic E-state index is 12.1. The van der Waals surface area contributed by atoms with Crippen molar-refractivity contribution >= 4 is 17.5 Å². The third-order valence-corrected chi connectivity index (χ3v) is 15.3. The van der Waals surface area contributed by atoms with Crippen LogP contribution < -0.4 is 5.32 Å². The zero-order valence-electron chi connectivity index (χ0n) is 29.9. The highest BCUT2D eigenvalue weighted by Gasteiger charge is 2.70. The average molecular weight is 630 g/mol. The van der Waals surface area contributed by atoms with E-state index in [1.54, 1.807) is 0 Å². The fourth-order valence-corrected chi connectivity index (χ4v) is 13.0. The number of esters is 2. The summed E-state index contributed by atoms with van der Waals surface area (Å²) >= 11 is 0. The number of allylic oxidation sites excluding steroid dienone is 3. The third-order valence-electron chi connectivity index (χ3n) is 15.3. The Bertz CT molecular complexity index is 1410. The highest BCUT2D eigenvalue weighted by Crippen LogP contribution is 2.76. The second kappa shape index (κ2) is 11.6. The quantitative estimate of drug-likeness (QED) is 0.241. The molecule has 9 atom stereocenters. The average Bonchev–Trinajstić information content (AvgIpc) is 3.41. The molecule has 9 unspecified atom stereocenters. The molecule has 1 N–H and O–H groups in total. The van der Waals surface area contributed by atoms with E-state index in [9.17, 15) is 9.59 Å². The molecule has 0 radical (unpaired) electrons. The molecule has 6 rings (SSSR count). The summed E-state index contributed by atoms with van der Waals surface area (Å²) in [5.41, 5.74) is 5.57. The fraction of sp³-hybridized carbons (Fsp3) is 0.707. The normalized spacial score (nSPS) is 40.8. The van der Waals surface area contributed by atoms with E-state index in [1.807, 2.05) is 12.1 Å². The van der Waals surface area contributed by atoms with Crippen LogP contribution >= 0.6 is 0 Å². The van der Waals surface area contributed by atoms with Gasteiger partial charge in [0.25, 0.3) is 0 Å². The minimum Gasteiger partial charge on any atom is -0.469 e. The molecular weight excluding hydrogens is 570 g/mol. The van der Waals surface area contributed by atoms with Gasteiger partial charge in [-0.3, -0.25) is 4.79 Å². The lowest BCUT2D eigenvalue weighted by atomic mass is 9.33. The first-order valence-corrected chi connectivity index (χ1v) is 18.1. The molecule has 5 aliphatic carbocycles. The van der Waals surface area contributed by atoms with E-state index in [0.29, 0.717) is 48.1 Å². The van der Waals surface area contributed by atoms with E-state index in [2.05, 4.69) is 71.6 Å². The molecule has 5 heteroatoms. The molecule has 46 heavy (non-hydrogen) atoms. The number of benzene rings is 1. The topological polar surface area (TPSA) is 64.6 Å². The first-order valence-electron chi connectivity index (χ1n) is 18.1. The SMILES string of the molecule is C=C(C)C1CCC2(NCCC(=O)OC)CCC3(C)C(CCC4C5(C)CC=C(c6ccc(C(=O)OC)cc6)C(C)(C)C5CCC43C)C12. The van der Waals surface area contributed by atoms with E-state index in [-0.39, 0.29) is 39.1 Å². The molecule has 0 bridgehead atoms. The van der Waals surface area contributed by atoms with Crippen molar-refractivity contribution in [2.75, 3.05) is 20.8 Å². The van der Waals surface area contributed by atoms with Crippen molar-refractivity contribution in [2.45, 2.75) is 111 Å². The van der Waals surface area contributed by atoms with Gasteiger partial charge >= 0.3 is 11.9 Å². The van der Waals surface area contributed by atoms with E-state index >= 15 is 0 Å². The molecule has 0 aliphatic heterocycles. The van der Waals surface area contributed by atoms with Crippen molar-refractivity contribution in [1.82, 2.24) is 5.32 Å². The number of carbonyl (C=O) groups is 2. The van der Waals surface area contributed by atoms with Crippen LogP contribution in [0.4, 0.5) is 0 Å². The monoisotopic (exact) mass is 629 g/mol. The molecule has 0 saturated heterocycles. The zero-order valence-corrected chi connectivity index (χ0v) is 29.9. The third kappa shape index (κ3) is 4.79. The van der Waals surface area contributed by atoms with Gasteiger partial charge in [0.15, 0.2) is 0 Å². The summed E-state index contributed by atoms with van der Waals surface area (Å²) in [4.78, 5) is 24.1. The van der Waals surface area contributed by atoms with Gasteiger partial charge in [0.1, 0.15) is 0 Å². The predicted molar refractivity (Wildman–Crippen MR) is 185 cm³/mol. The first-order chi connectivity index (χ1) is 21.7. The molecular formula is C41H59NO4. The summed E-state index contributed by atoms with van der Waals surface area (Å²) < 4.78 is 9.93. The van der Waals surface area contributed by atoms with Crippen LogP contribution in [-0.2, 0) is 14.3 Å². The molecule has 5 nitrogen and oxygen atoms in total. The Morgan fingerprint density at radius 3 is 2.24 bits per heavy atom. The van der Waals surface area contributed by atoms with Gasteiger partial charge in [0, 0.05) is 12.1 Å². The smallest absolute Gasteiger partial charge is 0.337 e. The van der Waals surface area contributed by atoms with Gasteiger partial charge in [-0.1, -0.05) is 65.0 Å². The lowest BCUT2D eigenvalue weighted by Gasteiger charge is -2.72. The lowest BCUT2D eigenvalue weighted by Crippen LogP contribution is -2.68. The van der Waals surface area contributed by atoms with Crippen molar-refractivity contribution in [3.8, 4) is 0 Å². The summed E-state index contributed by atoms with van der Waals surface area (Å²) in [5, 5.41) is 4.00. The molecule has 4 fully saturated rings. The van der Waals surface area contributed by atoms with Crippen molar-refractivity contribution in [2.24, 2.45) is 51.2 Å². The van der Waals surface area contributed by atoms with Crippen molar-refractivity contribution < 1.29 is 19.1 Å². The van der Waals surface area contributed by atoms with Gasteiger partial charge in [-0.15, -0.1) is 0 Å². The molecule has 0 amide bonds. The van der Waals surface area contributed by atoms with E-state index < -0.39 is 0 Å². The summed E-state index contributed by atoms with van der Waals surface area (Å²) in [6.07, 6.45) is 14.1. The number of fused-ring (bicyclic) bond motifs is 7. The van der Waals surface area contributed by atoms with Crippen molar-refractivity contribution in [1.29, 1.82) is 0 Å². The second-order valence-electron chi connectivity index (χ2n) is 17.2. The number of hydrogen-bond acceptors (Lipinski definition) is 5. The Morgan fingerprint density at radius 1 is 0.870 bits per heavy atom. The Hall–Kier alpha value is -2.40. The number of hydrogen-bond donors (Lipinski definition) is 1. The van der Waals surface area contributed by atoms with E-state index in [0.717, 1.165) is 6.42 Å². The van der Waals surface area contributed by atoms with Gasteiger partial charge in [0.05, 0.1) is 26.2 Å². The minimum absolute atomic E-state index is 0.0423. The minimum atomic E-state index is -0.282. The highest BCUT2D eigenvalue weighted by atomic mass is 16.5. The van der Waals surface area contributed by atoms with E-state index in [4.69, 9.17) is 9.47 Å². The van der Waals surface area contributed by atoms with Crippen LogP contribution in [0.15, 0.2) is 42.5 Å². The summed E-state index contributed by atoms with van der Waals surface area (Å²) in [6.45, 7) is 20.5. The standard InChI is InChI=1S/C41H59NO4/c1-26(2)29-16-22-41(42-25-19-34(43)45-8)24-23-39(6)31(35(29)41)14-15-33-38(5)20-17-30(27-10-12-28(13-11-27)36(44)46-9)37(3,4)32(38)18-21-40(33,39)7/h10-13,17,29,31-33,35,42H,1,14-16,18-25H2,2-9H3. The molecule has 5 aliphatic rings. The number of methoxy groups -OCH3 is 2. The maximum absolute atomic E-state index is 12.1. The molecule has 4 saturated carbocycles. The van der Waals surface area contributed by atoms with Crippen molar-refractivity contribution in [3.63, 3.8) is 0 Å². The lowest BCUT2D eigenvalue weighted by molar-refractivity contribution is -0.219. The maximum Gasteiger partial charge on any atom is 0.337 e. The molecule has 1 aromatic rings. The molecule has 0 spiro atoms. The molecule has 252 valence electrons. The predicted octanol–water partition coefficient (Wildman–Crippen LogP) is 9.03.